The molecular formula is C12H13N3O. The summed E-state index contributed by atoms with van der Waals surface area (Å²) in [6.45, 7) is 3.87. The molecule has 0 saturated heterocycles. The van der Waals surface area contributed by atoms with E-state index in [9.17, 15) is 4.79 Å². The standard InChI is InChI=1S/C12H13N3O/c1-7-3-9(4-8(2)15-7)10-5-11(13)12(16)14-6-10/h3-6H,13H2,1-2H3,(H,14,16). The van der Waals surface area contributed by atoms with Crippen molar-refractivity contribution in [2.24, 2.45) is 0 Å². The Morgan fingerprint density at radius 2 is 1.75 bits per heavy atom. The van der Waals surface area contributed by atoms with E-state index in [1.54, 1.807) is 12.3 Å². The number of rotatable bonds is 1. The molecule has 0 aromatic carbocycles. The Morgan fingerprint density at radius 3 is 2.31 bits per heavy atom. The van der Waals surface area contributed by atoms with Crippen molar-refractivity contribution in [2.75, 3.05) is 5.73 Å². The van der Waals surface area contributed by atoms with Crippen molar-refractivity contribution in [3.05, 3.63) is 46.1 Å². The smallest absolute Gasteiger partial charge is 0.271 e. The summed E-state index contributed by atoms with van der Waals surface area (Å²) in [5.41, 5.74) is 9.33. The molecular weight excluding hydrogens is 202 g/mol. The number of H-pyrrole nitrogens is 1. The third kappa shape index (κ3) is 1.95. The first-order valence-electron chi connectivity index (χ1n) is 5.00. The molecule has 0 aliphatic heterocycles. The molecule has 16 heavy (non-hydrogen) atoms. The Bertz CT molecular complexity index is 567. The summed E-state index contributed by atoms with van der Waals surface area (Å²) < 4.78 is 0. The number of aromatic amines is 1. The van der Waals surface area contributed by atoms with Crippen molar-refractivity contribution in [3.63, 3.8) is 0 Å². The van der Waals surface area contributed by atoms with Crippen LogP contribution in [0.15, 0.2) is 29.2 Å². The van der Waals surface area contributed by atoms with E-state index >= 15 is 0 Å². The van der Waals surface area contributed by atoms with E-state index in [4.69, 9.17) is 5.73 Å². The molecule has 4 nitrogen and oxygen atoms in total. The third-order valence-corrected chi connectivity index (χ3v) is 2.35. The van der Waals surface area contributed by atoms with Crippen LogP contribution in [0.3, 0.4) is 0 Å². The van der Waals surface area contributed by atoms with Crippen LogP contribution in [0.25, 0.3) is 11.1 Å². The van der Waals surface area contributed by atoms with Gasteiger partial charge in [-0.3, -0.25) is 9.78 Å². The van der Waals surface area contributed by atoms with Crippen molar-refractivity contribution in [1.29, 1.82) is 0 Å². The highest BCUT2D eigenvalue weighted by Gasteiger charge is 2.02. The molecule has 0 saturated carbocycles. The van der Waals surface area contributed by atoms with Crippen LogP contribution in [0.1, 0.15) is 11.4 Å². The largest absolute Gasteiger partial charge is 0.394 e. The SMILES string of the molecule is Cc1cc(-c2c[nH]c(=O)c(N)c2)cc(C)n1. The zero-order chi connectivity index (χ0) is 11.7. The van der Waals surface area contributed by atoms with E-state index in [1.165, 1.54) is 0 Å². The number of nitrogens with two attached hydrogens (primary N) is 1. The highest BCUT2D eigenvalue weighted by molar-refractivity contribution is 5.66. The van der Waals surface area contributed by atoms with Gasteiger partial charge in [-0.1, -0.05) is 0 Å². The van der Waals surface area contributed by atoms with Gasteiger partial charge in [0.05, 0.1) is 5.69 Å². The van der Waals surface area contributed by atoms with E-state index < -0.39 is 0 Å². The predicted molar refractivity (Wildman–Crippen MR) is 64.2 cm³/mol. The lowest BCUT2D eigenvalue weighted by Gasteiger charge is -2.04. The van der Waals surface area contributed by atoms with Crippen LogP contribution in [-0.4, -0.2) is 9.97 Å². The summed E-state index contributed by atoms with van der Waals surface area (Å²) in [5.74, 6) is 0. The lowest BCUT2D eigenvalue weighted by atomic mass is 10.1. The molecule has 0 aliphatic rings. The maximum absolute atomic E-state index is 11.1. The van der Waals surface area contributed by atoms with Crippen molar-refractivity contribution >= 4 is 5.69 Å². The van der Waals surface area contributed by atoms with Gasteiger partial charge in [-0.25, -0.2) is 0 Å². The second-order valence-corrected chi connectivity index (χ2v) is 3.81. The first kappa shape index (κ1) is 10.4. The first-order valence-corrected chi connectivity index (χ1v) is 5.00. The maximum atomic E-state index is 11.1. The van der Waals surface area contributed by atoms with Gasteiger partial charge >= 0.3 is 0 Å². The van der Waals surface area contributed by atoms with Gasteiger partial charge < -0.3 is 10.7 Å². The van der Waals surface area contributed by atoms with Crippen molar-refractivity contribution < 1.29 is 0 Å². The lowest BCUT2D eigenvalue weighted by molar-refractivity contribution is 1.12. The summed E-state index contributed by atoms with van der Waals surface area (Å²) in [5, 5.41) is 0. The molecule has 2 aromatic rings. The molecule has 0 unspecified atom stereocenters. The zero-order valence-electron chi connectivity index (χ0n) is 9.24. The van der Waals surface area contributed by atoms with Gasteiger partial charge in [0.2, 0.25) is 0 Å². The van der Waals surface area contributed by atoms with Crippen molar-refractivity contribution in [2.45, 2.75) is 13.8 Å². The predicted octanol–water partition coefficient (Wildman–Crippen LogP) is 1.64. The van der Waals surface area contributed by atoms with Crippen LogP contribution in [0.5, 0.6) is 0 Å². The van der Waals surface area contributed by atoms with Gasteiger partial charge in [-0.15, -0.1) is 0 Å². The van der Waals surface area contributed by atoms with E-state index in [1.807, 2.05) is 26.0 Å². The van der Waals surface area contributed by atoms with Gasteiger partial charge in [0.25, 0.3) is 5.56 Å². The molecule has 2 heterocycles. The molecule has 3 N–H and O–H groups in total. The molecule has 2 aromatic heterocycles. The highest BCUT2D eigenvalue weighted by atomic mass is 16.1. The minimum Gasteiger partial charge on any atom is -0.394 e. The van der Waals surface area contributed by atoms with E-state index in [0.29, 0.717) is 0 Å². The fourth-order valence-electron chi connectivity index (χ4n) is 1.67. The van der Waals surface area contributed by atoms with Gasteiger partial charge in [-0.05, 0) is 37.6 Å². The van der Waals surface area contributed by atoms with Crippen LogP contribution in [0, 0.1) is 13.8 Å². The number of pyridine rings is 2. The quantitative estimate of drug-likeness (QED) is 0.759. The Hall–Kier alpha value is -2.10. The molecule has 2 rings (SSSR count). The Labute approximate surface area is 93.2 Å². The summed E-state index contributed by atoms with van der Waals surface area (Å²) >= 11 is 0. The van der Waals surface area contributed by atoms with Crippen LogP contribution < -0.4 is 11.3 Å². The maximum Gasteiger partial charge on any atom is 0.271 e. The third-order valence-electron chi connectivity index (χ3n) is 2.35. The average Bonchev–Trinajstić information content (AvgIpc) is 2.20. The van der Waals surface area contributed by atoms with Gasteiger partial charge in [-0.2, -0.15) is 0 Å². The molecule has 0 bridgehead atoms. The van der Waals surface area contributed by atoms with E-state index in [-0.39, 0.29) is 11.2 Å². The molecule has 4 heteroatoms. The molecule has 0 aliphatic carbocycles. The Morgan fingerprint density at radius 1 is 1.12 bits per heavy atom. The molecule has 82 valence electrons. The number of nitrogen functional groups attached to an aromatic ring is 1. The van der Waals surface area contributed by atoms with Gasteiger partial charge in [0.15, 0.2) is 0 Å². The monoisotopic (exact) mass is 215 g/mol. The minimum absolute atomic E-state index is 0.226. The fourth-order valence-corrected chi connectivity index (χ4v) is 1.67. The minimum atomic E-state index is -0.258. The van der Waals surface area contributed by atoms with Crippen LogP contribution in [0.4, 0.5) is 5.69 Å². The normalized spacial score (nSPS) is 10.4. The number of nitrogens with one attached hydrogen (secondary N) is 1. The summed E-state index contributed by atoms with van der Waals surface area (Å²) in [7, 11) is 0. The zero-order valence-corrected chi connectivity index (χ0v) is 9.24. The number of hydrogen-bond acceptors (Lipinski definition) is 3. The average molecular weight is 215 g/mol. The molecule has 0 fully saturated rings. The summed E-state index contributed by atoms with van der Waals surface area (Å²) in [6.07, 6.45) is 1.66. The molecule has 0 spiro atoms. The Balaban J connectivity index is 2.58. The first-order chi connectivity index (χ1) is 7.56. The van der Waals surface area contributed by atoms with Gasteiger partial charge in [0.1, 0.15) is 0 Å². The number of aromatic nitrogens is 2. The van der Waals surface area contributed by atoms with E-state index in [2.05, 4.69) is 9.97 Å². The highest BCUT2D eigenvalue weighted by Crippen LogP contribution is 2.20. The number of aryl methyl sites for hydroxylation is 2. The molecule has 0 atom stereocenters. The summed E-state index contributed by atoms with van der Waals surface area (Å²) in [6, 6.07) is 5.59. The van der Waals surface area contributed by atoms with Crippen LogP contribution in [-0.2, 0) is 0 Å². The number of nitrogens with zero attached hydrogens (tertiary/aromatic N) is 1. The van der Waals surface area contributed by atoms with Gasteiger partial charge in [0, 0.05) is 23.1 Å². The van der Waals surface area contributed by atoms with Crippen LogP contribution >= 0.6 is 0 Å². The summed E-state index contributed by atoms with van der Waals surface area (Å²) in [4.78, 5) is 18.0. The second kappa shape index (κ2) is 3.81. The van der Waals surface area contributed by atoms with Crippen LogP contribution in [0.2, 0.25) is 0 Å². The lowest BCUT2D eigenvalue weighted by Crippen LogP contribution is -2.10. The fraction of sp³-hybridized carbons (Fsp3) is 0.167. The topological polar surface area (TPSA) is 71.8 Å². The van der Waals surface area contributed by atoms with Crippen molar-refractivity contribution in [3.8, 4) is 11.1 Å². The number of anilines is 1. The second-order valence-electron chi connectivity index (χ2n) is 3.81. The molecule has 0 amide bonds. The molecule has 0 radical (unpaired) electrons. The van der Waals surface area contributed by atoms with E-state index in [0.717, 1.165) is 22.5 Å². The van der Waals surface area contributed by atoms with Crippen molar-refractivity contribution in [1.82, 2.24) is 9.97 Å². The Kier molecular flexibility index (Phi) is 2.48. The number of hydrogen-bond donors (Lipinski definition) is 2.